The Hall–Kier alpha value is -3.15. The van der Waals surface area contributed by atoms with Crippen molar-refractivity contribution in [3.8, 4) is 0 Å². The van der Waals surface area contributed by atoms with Gasteiger partial charge in [-0.3, -0.25) is 14.5 Å². The third-order valence-corrected chi connectivity index (χ3v) is 7.08. The Balaban J connectivity index is 1.68. The molecule has 2 aliphatic rings. The highest BCUT2D eigenvalue weighted by atomic mass is 19.4. The molecule has 2 amide bonds. The number of rotatable bonds is 4. The molecule has 0 bridgehead atoms. The molecule has 2 fully saturated rings. The molecule has 1 radical (unpaired) electrons. The minimum Gasteiger partial charge on any atom is -0.368 e. The molecule has 0 aliphatic carbocycles. The Kier molecular flexibility index (Phi) is 7.74. The molecule has 3 atom stereocenters. The fourth-order valence-corrected chi connectivity index (χ4v) is 5.30. The van der Waals surface area contributed by atoms with E-state index in [4.69, 9.17) is 5.73 Å². The summed E-state index contributed by atoms with van der Waals surface area (Å²) in [7, 11) is 0. The summed E-state index contributed by atoms with van der Waals surface area (Å²) in [6, 6.07) is 5.29. The molecule has 12 heteroatoms. The second kappa shape index (κ2) is 10.5. The molecule has 205 valence electrons. The largest absolute Gasteiger partial charge is 0.416 e. The summed E-state index contributed by atoms with van der Waals surface area (Å²) in [5, 5.41) is 0. The highest BCUT2D eigenvalue weighted by Gasteiger charge is 2.42. The molecule has 0 saturated carbocycles. The summed E-state index contributed by atoms with van der Waals surface area (Å²) in [5.41, 5.74) is 2.34. The predicted molar refractivity (Wildman–Crippen MR) is 123 cm³/mol. The van der Waals surface area contributed by atoms with Crippen LogP contribution in [0.1, 0.15) is 52.2 Å². The number of hydrogen-bond acceptors (Lipinski definition) is 3. The van der Waals surface area contributed by atoms with E-state index in [1.807, 2.05) is 4.90 Å². The summed E-state index contributed by atoms with van der Waals surface area (Å²) in [6.45, 7) is 0.498. The molecule has 0 spiro atoms. The molecule has 2 aromatic carbocycles. The van der Waals surface area contributed by atoms with E-state index in [1.54, 1.807) is 6.42 Å². The Morgan fingerprint density at radius 2 is 1.50 bits per heavy atom. The molecule has 2 aliphatic heterocycles. The zero-order valence-electron chi connectivity index (χ0n) is 20.0. The lowest BCUT2D eigenvalue weighted by Crippen LogP contribution is -2.58. The molecule has 38 heavy (non-hydrogen) atoms. The molecule has 2 heterocycles. The number of carbonyl (C=O) groups excluding carboxylic acids is 2. The Morgan fingerprint density at radius 3 is 2.05 bits per heavy atom. The van der Waals surface area contributed by atoms with Gasteiger partial charge in [0.1, 0.15) is 5.82 Å². The van der Waals surface area contributed by atoms with Crippen LogP contribution in [0.4, 0.5) is 30.7 Å². The summed E-state index contributed by atoms with van der Waals surface area (Å²) in [5.74, 6) is -2.54. The van der Waals surface area contributed by atoms with Crippen LogP contribution in [0.2, 0.25) is 0 Å². The van der Waals surface area contributed by atoms with E-state index in [-0.39, 0.29) is 31.6 Å². The van der Waals surface area contributed by atoms with E-state index in [0.29, 0.717) is 30.7 Å². The first-order chi connectivity index (χ1) is 17.8. The standard InChI is InChI=1S/C26H25F7N3O2/c27-19-6-4-15(5-7-19)20-14-35(10-8-21(20)36-9-2-1-3-22(36)23(34)37)24(38)16-11-17(25(28,29)30)13-18(12-16)26(31,32)33/h3-7,11-13,20-22H,1-2,8-10,14H2,(H2,34,37). The molecule has 5 nitrogen and oxygen atoms in total. The van der Waals surface area contributed by atoms with Crippen molar-refractivity contribution < 1.29 is 40.3 Å². The van der Waals surface area contributed by atoms with Crippen LogP contribution in [0.15, 0.2) is 42.5 Å². The van der Waals surface area contributed by atoms with Gasteiger partial charge in [0.05, 0.1) is 17.2 Å². The van der Waals surface area contributed by atoms with E-state index in [0.717, 1.165) is 6.42 Å². The number of nitrogens with two attached hydrogens (primary N) is 1. The van der Waals surface area contributed by atoms with Gasteiger partial charge in [-0.05, 0) is 68.1 Å². The van der Waals surface area contributed by atoms with Gasteiger partial charge < -0.3 is 10.6 Å². The highest BCUT2D eigenvalue weighted by Crippen LogP contribution is 2.38. The minimum absolute atomic E-state index is 0.0266. The predicted octanol–water partition coefficient (Wildman–Crippen LogP) is 5.02. The number of amides is 2. The van der Waals surface area contributed by atoms with Gasteiger partial charge in [0.2, 0.25) is 5.91 Å². The van der Waals surface area contributed by atoms with Crippen molar-refractivity contribution in [2.45, 2.75) is 49.6 Å². The minimum atomic E-state index is -5.09. The van der Waals surface area contributed by atoms with E-state index in [2.05, 4.69) is 0 Å². The van der Waals surface area contributed by atoms with Gasteiger partial charge in [-0.1, -0.05) is 12.1 Å². The fourth-order valence-electron chi connectivity index (χ4n) is 5.30. The molecule has 2 saturated heterocycles. The number of halogens is 7. The van der Waals surface area contributed by atoms with E-state index < -0.39 is 58.6 Å². The zero-order chi connectivity index (χ0) is 27.8. The number of carbonyl (C=O) groups is 2. The van der Waals surface area contributed by atoms with Crippen molar-refractivity contribution in [3.05, 3.63) is 77.0 Å². The highest BCUT2D eigenvalue weighted by molar-refractivity contribution is 5.95. The van der Waals surface area contributed by atoms with Gasteiger partial charge in [0, 0.05) is 30.6 Å². The van der Waals surface area contributed by atoms with Gasteiger partial charge in [-0.2, -0.15) is 26.3 Å². The van der Waals surface area contributed by atoms with E-state index in [9.17, 15) is 40.3 Å². The van der Waals surface area contributed by atoms with Crippen LogP contribution >= 0.6 is 0 Å². The monoisotopic (exact) mass is 544 g/mol. The maximum absolute atomic E-state index is 13.6. The first-order valence-corrected chi connectivity index (χ1v) is 12.0. The van der Waals surface area contributed by atoms with Gasteiger partial charge >= 0.3 is 12.4 Å². The second-order valence-electron chi connectivity index (χ2n) is 9.52. The van der Waals surface area contributed by atoms with Crippen molar-refractivity contribution in [2.75, 3.05) is 19.6 Å². The number of nitrogens with zero attached hydrogens (tertiary/aromatic N) is 2. The first kappa shape index (κ1) is 27.9. The topological polar surface area (TPSA) is 66.6 Å². The van der Waals surface area contributed by atoms with Crippen molar-refractivity contribution in [3.63, 3.8) is 0 Å². The van der Waals surface area contributed by atoms with Crippen LogP contribution in [-0.4, -0.2) is 53.3 Å². The van der Waals surface area contributed by atoms with E-state index in [1.165, 1.54) is 29.2 Å². The van der Waals surface area contributed by atoms with Gasteiger partial charge in [-0.15, -0.1) is 0 Å². The maximum atomic E-state index is 13.6. The SMILES string of the molecule is NC(=O)C1[CH]CCCN1C1CCN(C(=O)c2cc(C(F)(F)F)cc(C(F)(F)F)c2)CC1c1ccc(F)cc1. The Bertz CT molecular complexity index is 1150. The molecular formula is C26H25F7N3O2. The van der Waals surface area contributed by atoms with Crippen LogP contribution < -0.4 is 5.73 Å². The summed E-state index contributed by atoms with van der Waals surface area (Å²) in [6.07, 6.45) is -6.67. The number of primary amides is 1. The Labute approximate surface area is 214 Å². The van der Waals surface area contributed by atoms with Crippen molar-refractivity contribution in [2.24, 2.45) is 5.73 Å². The lowest BCUT2D eigenvalue weighted by Gasteiger charge is -2.47. The Morgan fingerprint density at radius 1 is 0.895 bits per heavy atom. The number of hydrogen-bond donors (Lipinski definition) is 1. The summed E-state index contributed by atoms with van der Waals surface area (Å²) < 4.78 is 93.7. The maximum Gasteiger partial charge on any atom is 0.416 e. The van der Waals surface area contributed by atoms with Crippen LogP contribution in [-0.2, 0) is 17.1 Å². The summed E-state index contributed by atoms with van der Waals surface area (Å²) >= 11 is 0. The quantitative estimate of drug-likeness (QED) is 0.551. The second-order valence-corrected chi connectivity index (χ2v) is 9.52. The smallest absolute Gasteiger partial charge is 0.368 e. The molecule has 0 aromatic heterocycles. The van der Waals surface area contributed by atoms with Gasteiger partial charge in [0.25, 0.3) is 5.91 Å². The lowest BCUT2D eigenvalue weighted by molar-refractivity contribution is -0.143. The third-order valence-electron chi connectivity index (χ3n) is 7.08. The first-order valence-electron chi connectivity index (χ1n) is 12.0. The number of benzene rings is 2. The van der Waals surface area contributed by atoms with Gasteiger partial charge in [0.15, 0.2) is 0 Å². The van der Waals surface area contributed by atoms with Crippen LogP contribution in [0.5, 0.6) is 0 Å². The zero-order valence-corrected chi connectivity index (χ0v) is 20.0. The van der Waals surface area contributed by atoms with E-state index >= 15 is 0 Å². The summed E-state index contributed by atoms with van der Waals surface area (Å²) in [4.78, 5) is 28.5. The van der Waals surface area contributed by atoms with Crippen LogP contribution in [0, 0.1) is 12.2 Å². The van der Waals surface area contributed by atoms with Gasteiger partial charge in [-0.25, -0.2) is 4.39 Å². The number of piperidine rings is 2. The van der Waals surface area contributed by atoms with Crippen molar-refractivity contribution in [1.29, 1.82) is 0 Å². The normalized spacial score (nSPS) is 23.3. The average molecular weight is 544 g/mol. The molecular weight excluding hydrogens is 519 g/mol. The third kappa shape index (κ3) is 5.95. The molecule has 2 aromatic rings. The van der Waals surface area contributed by atoms with Crippen LogP contribution in [0.25, 0.3) is 0 Å². The number of likely N-dealkylation sites (tertiary alicyclic amines) is 2. The van der Waals surface area contributed by atoms with Crippen molar-refractivity contribution >= 4 is 11.8 Å². The molecule has 4 rings (SSSR count). The number of alkyl halides is 6. The molecule has 3 unspecified atom stereocenters. The lowest BCUT2D eigenvalue weighted by atomic mass is 9.82. The average Bonchev–Trinajstić information content (AvgIpc) is 2.87. The molecule has 2 N–H and O–H groups in total. The van der Waals surface area contributed by atoms with Crippen molar-refractivity contribution in [1.82, 2.24) is 9.80 Å². The van der Waals surface area contributed by atoms with Crippen LogP contribution in [0.3, 0.4) is 0 Å². The fraction of sp³-hybridized carbons (Fsp3) is 0.423.